The van der Waals surface area contributed by atoms with Gasteiger partial charge in [0, 0.05) is 17.8 Å². The van der Waals surface area contributed by atoms with Crippen molar-refractivity contribution >= 4 is 28.6 Å². The molecule has 0 atom stereocenters. The van der Waals surface area contributed by atoms with Crippen LogP contribution in [0.3, 0.4) is 0 Å². The first-order valence-electron chi connectivity index (χ1n) is 12.5. The number of non-ortho nitro benzene ring substituents is 1. The monoisotopic (exact) mass is 540 g/mol. The molecule has 0 aromatic heterocycles. The quantitative estimate of drug-likeness (QED) is 0.0843. The lowest BCUT2D eigenvalue weighted by Crippen LogP contribution is -2.25. The van der Waals surface area contributed by atoms with Gasteiger partial charge in [0.25, 0.3) is 5.69 Å². The van der Waals surface area contributed by atoms with Crippen molar-refractivity contribution in [2.75, 3.05) is 11.9 Å². The van der Waals surface area contributed by atoms with Crippen LogP contribution in [0.1, 0.15) is 77.3 Å². The number of benzene rings is 3. The van der Waals surface area contributed by atoms with Crippen molar-refractivity contribution in [3.05, 3.63) is 80.4 Å². The lowest BCUT2D eigenvalue weighted by Gasteiger charge is -2.24. The third-order valence-corrected chi connectivity index (χ3v) is 6.50. The fraction of sp³-hybridized carbons (Fsp3) is 0.286. The molecule has 1 aliphatic carbocycles. The number of carbonyl (C=O) groups excluding carboxylic acids is 2. The van der Waals surface area contributed by atoms with Gasteiger partial charge in [0.05, 0.1) is 33.8 Å². The smallest absolute Gasteiger partial charge is 0.269 e. The minimum atomic E-state index is -1.31. The number of nitrogens with one attached hydrogen (secondary N) is 1. The summed E-state index contributed by atoms with van der Waals surface area (Å²) in [6.07, 6.45) is 5.39. The van der Waals surface area contributed by atoms with Crippen LogP contribution in [0.15, 0.2) is 36.4 Å². The highest BCUT2D eigenvalue weighted by Gasteiger charge is 2.41. The van der Waals surface area contributed by atoms with E-state index in [-0.39, 0.29) is 18.0 Å². The van der Waals surface area contributed by atoms with Crippen molar-refractivity contribution in [3.63, 3.8) is 0 Å². The van der Waals surface area contributed by atoms with Gasteiger partial charge in [-0.15, -0.1) is 0 Å². The van der Waals surface area contributed by atoms with Gasteiger partial charge in [0.1, 0.15) is 17.2 Å². The SMILES string of the molecule is CCCCCCCCOc1c(F)c2c(c(F)c1Nc1ccc([N+](=O)[O-])cc1)C(=O)c1c(O)ccc(O)c1C2=O. The van der Waals surface area contributed by atoms with E-state index in [4.69, 9.17) is 4.74 Å². The Morgan fingerprint density at radius 2 is 1.36 bits per heavy atom. The second kappa shape index (κ2) is 11.5. The molecule has 3 N–H and O–H groups in total. The van der Waals surface area contributed by atoms with E-state index in [0.29, 0.717) is 6.42 Å². The number of halogens is 2. The number of ether oxygens (including phenoxy) is 1. The van der Waals surface area contributed by atoms with Crippen LogP contribution in [0, 0.1) is 21.7 Å². The Hall–Kier alpha value is -4.54. The number of anilines is 2. The van der Waals surface area contributed by atoms with Gasteiger partial charge in [-0.1, -0.05) is 39.0 Å². The Balaban J connectivity index is 1.78. The van der Waals surface area contributed by atoms with Crippen molar-refractivity contribution < 1.29 is 38.2 Å². The second-order valence-corrected chi connectivity index (χ2v) is 9.14. The molecule has 11 heteroatoms. The Kier molecular flexibility index (Phi) is 8.08. The van der Waals surface area contributed by atoms with Crippen LogP contribution in [0.2, 0.25) is 0 Å². The summed E-state index contributed by atoms with van der Waals surface area (Å²) in [5, 5.41) is 34.0. The summed E-state index contributed by atoms with van der Waals surface area (Å²) < 4.78 is 37.6. The van der Waals surface area contributed by atoms with Crippen LogP contribution in [0.25, 0.3) is 0 Å². The highest BCUT2D eigenvalue weighted by Crippen LogP contribution is 2.45. The maximum Gasteiger partial charge on any atom is 0.269 e. The largest absolute Gasteiger partial charge is 0.507 e. The van der Waals surface area contributed by atoms with Gasteiger partial charge in [-0.05, 0) is 30.7 Å². The Morgan fingerprint density at radius 3 is 1.92 bits per heavy atom. The first-order chi connectivity index (χ1) is 18.7. The first kappa shape index (κ1) is 27.5. The average molecular weight is 541 g/mol. The summed E-state index contributed by atoms with van der Waals surface area (Å²) in [4.78, 5) is 36.8. The van der Waals surface area contributed by atoms with Crippen molar-refractivity contribution in [2.24, 2.45) is 0 Å². The predicted octanol–water partition coefficient (Wildman–Crippen LogP) is 6.54. The van der Waals surface area contributed by atoms with Crippen LogP contribution < -0.4 is 10.1 Å². The lowest BCUT2D eigenvalue weighted by atomic mass is 9.82. The van der Waals surface area contributed by atoms with E-state index < -0.39 is 73.3 Å². The van der Waals surface area contributed by atoms with Crippen molar-refractivity contribution in [2.45, 2.75) is 45.4 Å². The third-order valence-electron chi connectivity index (χ3n) is 6.50. The van der Waals surface area contributed by atoms with Crippen LogP contribution in [0.5, 0.6) is 17.2 Å². The summed E-state index contributed by atoms with van der Waals surface area (Å²) in [7, 11) is 0. The predicted molar refractivity (Wildman–Crippen MR) is 138 cm³/mol. The van der Waals surface area contributed by atoms with Gasteiger partial charge in [0.15, 0.2) is 17.4 Å². The van der Waals surface area contributed by atoms with E-state index in [2.05, 4.69) is 12.2 Å². The number of nitro benzene ring substituents is 1. The molecule has 0 unspecified atom stereocenters. The summed E-state index contributed by atoms with van der Waals surface area (Å²) >= 11 is 0. The van der Waals surface area contributed by atoms with Gasteiger partial charge in [-0.2, -0.15) is 0 Å². The maximum absolute atomic E-state index is 16.0. The van der Waals surface area contributed by atoms with E-state index in [0.717, 1.165) is 56.4 Å². The number of nitro groups is 1. The van der Waals surface area contributed by atoms with Crippen LogP contribution in [-0.4, -0.2) is 33.3 Å². The molecule has 9 nitrogen and oxygen atoms in total. The number of carbonyl (C=O) groups is 2. The fourth-order valence-corrected chi connectivity index (χ4v) is 4.50. The summed E-state index contributed by atoms with van der Waals surface area (Å²) in [5.74, 6) is -7.01. The number of unbranched alkanes of at least 4 members (excludes halogenated alkanes) is 5. The molecule has 0 amide bonds. The van der Waals surface area contributed by atoms with Crippen LogP contribution >= 0.6 is 0 Å². The molecule has 3 aromatic carbocycles. The molecule has 0 saturated carbocycles. The normalized spacial score (nSPS) is 12.2. The Bertz CT molecular complexity index is 1460. The molecule has 0 aliphatic heterocycles. The number of hydrogen-bond acceptors (Lipinski definition) is 8. The molecule has 0 bridgehead atoms. The second-order valence-electron chi connectivity index (χ2n) is 9.14. The lowest BCUT2D eigenvalue weighted by molar-refractivity contribution is -0.384. The summed E-state index contributed by atoms with van der Waals surface area (Å²) in [5.41, 5.74) is -3.82. The minimum Gasteiger partial charge on any atom is -0.507 e. The highest BCUT2D eigenvalue weighted by molar-refractivity contribution is 6.31. The minimum absolute atomic E-state index is 0.0129. The zero-order valence-electron chi connectivity index (χ0n) is 21.1. The standard InChI is InChI=1S/C28H26F2N2O7/c1-2-3-4-5-6-7-14-39-28-24(30)22-21(26(35)19-17(33)12-13-18(34)20(19)27(22)36)23(29)25(28)31-15-8-10-16(11-9-15)32(37)38/h8-13,31,33-34H,2-7,14H2,1H3. The van der Waals surface area contributed by atoms with Gasteiger partial charge in [-0.3, -0.25) is 19.7 Å². The molecule has 39 heavy (non-hydrogen) atoms. The molecule has 3 aromatic rings. The zero-order valence-corrected chi connectivity index (χ0v) is 21.1. The van der Waals surface area contributed by atoms with Crippen molar-refractivity contribution in [3.8, 4) is 17.2 Å². The van der Waals surface area contributed by atoms with Gasteiger partial charge in [0.2, 0.25) is 11.6 Å². The Labute approximate surface area is 222 Å². The fourth-order valence-electron chi connectivity index (χ4n) is 4.50. The van der Waals surface area contributed by atoms with Gasteiger partial charge < -0.3 is 20.3 Å². The number of hydrogen-bond donors (Lipinski definition) is 3. The molecule has 0 spiro atoms. The number of ketones is 2. The summed E-state index contributed by atoms with van der Waals surface area (Å²) in [6.45, 7) is 2.07. The van der Waals surface area contributed by atoms with Crippen LogP contribution in [0.4, 0.5) is 25.8 Å². The molecule has 0 radical (unpaired) electrons. The number of nitrogens with zero attached hydrogens (tertiary/aromatic N) is 1. The van der Waals surface area contributed by atoms with Gasteiger partial charge in [-0.25, -0.2) is 8.78 Å². The number of fused-ring (bicyclic) bond motifs is 2. The molecular weight excluding hydrogens is 514 g/mol. The third kappa shape index (κ3) is 5.25. The first-order valence-corrected chi connectivity index (χ1v) is 12.5. The highest BCUT2D eigenvalue weighted by atomic mass is 19.1. The number of phenolic OH excluding ortho intramolecular Hbond substituents is 2. The summed E-state index contributed by atoms with van der Waals surface area (Å²) in [6, 6.07) is 6.76. The molecular formula is C28H26F2N2O7. The molecule has 204 valence electrons. The van der Waals surface area contributed by atoms with E-state index in [9.17, 15) is 29.9 Å². The van der Waals surface area contributed by atoms with E-state index in [1.807, 2.05) is 0 Å². The molecule has 4 rings (SSSR count). The topological polar surface area (TPSA) is 139 Å². The average Bonchev–Trinajstić information content (AvgIpc) is 2.91. The Morgan fingerprint density at radius 1 is 0.821 bits per heavy atom. The molecule has 1 aliphatic rings. The molecule has 0 saturated heterocycles. The van der Waals surface area contributed by atoms with Gasteiger partial charge >= 0.3 is 0 Å². The van der Waals surface area contributed by atoms with Crippen LogP contribution in [-0.2, 0) is 0 Å². The molecule has 0 fully saturated rings. The number of aromatic hydroxyl groups is 2. The van der Waals surface area contributed by atoms with Crippen molar-refractivity contribution in [1.29, 1.82) is 0 Å². The van der Waals surface area contributed by atoms with E-state index >= 15 is 8.78 Å². The van der Waals surface area contributed by atoms with E-state index in [1.54, 1.807) is 0 Å². The maximum atomic E-state index is 16.0. The zero-order chi connectivity index (χ0) is 28.3. The molecule has 0 heterocycles. The number of rotatable bonds is 11. The van der Waals surface area contributed by atoms with E-state index in [1.165, 1.54) is 12.1 Å². The number of phenols is 2. The van der Waals surface area contributed by atoms with Crippen molar-refractivity contribution in [1.82, 2.24) is 0 Å².